The highest BCUT2D eigenvalue weighted by Gasteiger charge is 2.48. The Balaban J connectivity index is 1.62. The number of nitrogens with one attached hydrogen (secondary N) is 2. The van der Waals surface area contributed by atoms with E-state index in [1.165, 1.54) is 0 Å². The fourth-order valence-electron chi connectivity index (χ4n) is 3.35. The van der Waals surface area contributed by atoms with Crippen LogP contribution in [0, 0.1) is 0 Å². The van der Waals surface area contributed by atoms with Crippen molar-refractivity contribution < 1.29 is 13.2 Å². The Morgan fingerprint density at radius 1 is 1.23 bits per heavy atom. The molecule has 0 unspecified atom stereocenters. The average molecular weight is 322 g/mol. The number of carbonyl (C=O) groups excluding carboxylic acids is 1. The van der Waals surface area contributed by atoms with Gasteiger partial charge in [0.1, 0.15) is 0 Å². The zero-order chi connectivity index (χ0) is 15.6. The molecular weight excluding hydrogens is 300 g/mol. The maximum absolute atomic E-state index is 12.4. The Labute approximate surface area is 131 Å². The summed E-state index contributed by atoms with van der Waals surface area (Å²) in [7, 11) is -3.35. The lowest BCUT2D eigenvalue weighted by Crippen LogP contribution is -2.68. The molecule has 0 aromatic heterocycles. The smallest absolute Gasteiger partial charge is 0.220 e. The number of benzene rings is 1. The zero-order valence-electron chi connectivity index (χ0n) is 12.5. The number of hydrogen-bond donors (Lipinski definition) is 2. The van der Waals surface area contributed by atoms with Gasteiger partial charge in [-0.3, -0.25) is 4.79 Å². The number of carbonyl (C=O) groups is 1. The van der Waals surface area contributed by atoms with Crippen LogP contribution in [0.15, 0.2) is 30.3 Å². The van der Waals surface area contributed by atoms with Crippen LogP contribution < -0.4 is 10.0 Å². The first kappa shape index (κ1) is 15.5. The first-order chi connectivity index (χ1) is 10.5. The van der Waals surface area contributed by atoms with Crippen molar-refractivity contribution in [1.82, 2.24) is 10.0 Å². The highest BCUT2D eigenvalue weighted by molar-refractivity contribution is 7.89. The normalized spacial score (nSPS) is 23.8. The van der Waals surface area contributed by atoms with Crippen molar-refractivity contribution in [3.63, 3.8) is 0 Å². The largest absolute Gasteiger partial charge is 0.349 e. The van der Waals surface area contributed by atoms with Gasteiger partial charge in [-0.25, -0.2) is 13.1 Å². The predicted octanol–water partition coefficient (Wildman–Crippen LogP) is 1.35. The van der Waals surface area contributed by atoms with Crippen molar-refractivity contribution >= 4 is 15.9 Å². The van der Waals surface area contributed by atoms with Crippen LogP contribution in [0.4, 0.5) is 0 Å². The number of hydrogen-bond acceptors (Lipinski definition) is 3. The lowest BCUT2D eigenvalue weighted by Gasteiger charge is -2.50. The molecule has 1 aromatic rings. The summed E-state index contributed by atoms with van der Waals surface area (Å²) in [4.78, 5) is 11.6. The fourth-order valence-corrected chi connectivity index (χ4v) is 4.75. The third-order valence-corrected chi connectivity index (χ3v) is 6.17. The molecule has 1 aromatic carbocycles. The molecule has 1 aliphatic carbocycles. The lowest BCUT2D eigenvalue weighted by molar-refractivity contribution is -0.127. The molecule has 1 aliphatic heterocycles. The Morgan fingerprint density at radius 2 is 1.95 bits per heavy atom. The van der Waals surface area contributed by atoms with E-state index < -0.39 is 10.0 Å². The van der Waals surface area contributed by atoms with E-state index in [0.717, 1.165) is 24.8 Å². The maximum Gasteiger partial charge on any atom is 0.220 e. The highest BCUT2D eigenvalue weighted by atomic mass is 32.2. The molecule has 1 heterocycles. The fraction of sp³-hybridized carbons (Fsp3) is 0.562. The van der Waals surface area contributed by atoms with Gasteiger partial charge >= 0.3 is 0 Å². The van der Waals surface area contributed by atoms with E-state index in [1.807, 2.05) is 30.3 Å². The Morgan fingerprint density at radius 3 is 2.59 bits per heavy atom. The zero-order valence-corrected chi connectivity index (χ0v) is 13.4. The molecule has 2 fully saturated rings. The maximum atomic E-state index is 12.4. The van der Waals surface area contributed by atoms with Crippen molar-refractivity contribution in [3.8, 4) is 0 Å². The van der Waals surface area contributed by atoms with Gasteiger partial charge in [0, 0.05) is 12.5 Å². The summed E-state index contributed by atoms with van der Waals surface area (Å²) in [6, 6.07) is 9.44. The van der Waals surface area contributed by atoms with Gasteiger partial charge in [-0.05, 0) is 37.7 Å². The summed E-state index contributed by atoms with van der Waals surface area (Å²) in [5, 5.41) is 3.01. The van der Waals surface area contributed by atoms with E-state index >= 15 is 0 Å². The summed E-state index contributed by atoms with van der Waals surface area (Å²) >= 11 is 0. The Bertz CT molecular complexity index is 639. The molecule has 1 atom stereocenters. The van der Waals surface area contributed by atoms with Gasteiger partial charge in [0.05, 0.1) is 11.3 Å². The number of piperidine rings is 1. The minimum absolute atomic E-state index is 0.0411. The van der Waals surface area contributed by atoms with E-state index in [-0.39, 0.29) is 23.2 Å². The first-order valence-electron chi connectivity index (χ1n) is 7.84. The van der Waals surface area contributed by atoms with E-state index in [2.05, 4.69) is 10.0 Å². The lowest BCUT2D eigenvalue weighted by atomic mass is 9.68. The standard InChI is InChI=1S/C16H22N2O3S/c19-15-8-7-14(16(17-15)10-4-11-16)18-22(20,21)12-9-13-5-2-1-3-6-13/h1-3,5-6,14,18H,4,7-12H2,(H,17,19)/t14-/m0/s1. The molecule has 1 saturated heterocycles. The minimum atomic E-state index is -3.35. The second-order valence-electron chi connectivity index (χ2n) is 6.32. The van der Waals surface area contributed by atoms with Crippen molar-refractivity contribution in [3.05, 3.63) is 35.9 Å². The van der Waals surface area contributed by atoms with Gasteiger partial charge < -0.3 is 5.32 Å². The van der Waals surface area contributed by atoms with Crippen LogP contribution in [0.1, 0.15) is 37.7 Å². The summed E-state index contributed by atoms with van der Waals surface area (Å²) in [6.07, 6.45) is 4.27. The summed E-state index contributed by atoms with van der Waals surface area (Å²) < 4.78 is 27.6. The van der Waals surface area contributed by atoms with Crippen molar-refractivity contribution in [1.29, 1.82) is 0 Å². The molecule has 1 spiro atoms. The molecule has 6 heteroatoms. The second kappa shape index (κ2) is 6.01. The van der Waals surface area contributed by atoms with Crippen LogP contribution in [-0.4, -0.2) is 31.7 Å². The molecule has 3 rings (SSSR count). The van der Waals surface area contributed by atoms with E-state index in [9.17, 15) is 13.2 Å². The molecular formula is C16H22N2O3S. The molecule has 5 nitrogen and oxygen atoms in total. The number of sulfonamides is 1. The minimum Gasteiger partial charge on any atom is -0.349 e. The number of rotatable bonds is 5. The second-order valence-corrected chi connectivity index (χ2v) is 8.19. The van der Waals surface area contributed by atoms with Crippen molar-refractivity contribution in [2.75, 3.05) is 5.75 Å². The van der Waals surface area contributed by atoms with Crippen LogP contribution in [0.5, 0.6) is 0 Å². The molecule has 2 aliphatic rings. The van der Waals surface area contributed by atoms with Crippen LogP contribution in [0.2, 0.25) is 0 Å². The molecule has 120 valence electrons. The number of aryl methyl sites for hydroxylation is 1. The van der Waals surface area contributed by atoms with Crippen LogP contribution >= 0.6 is 0 Å². The third-order valence-electron chi connectivity index (χ3n) is 4.79. The van der Waals surface area contributed by atoms with Crippen LogP contribution in [0.3, 0.4) is 0 Å². The SMILES string of the molecule is O=C1CC[C@H](NS(=O)(=O)CCc2ccccc2)C2(CCC2)N1. The van der Waals surface area contributed by atoms with E-state index in [4.69, 9.17) is 0 Å². The first-order valence-corrected chi connectivity index (χ1v) is 9.49. The van der Waals surface area contributed by atoms with Gasteiger partial charge in [-0.2, -0.15) is 0 Å². The number of amides is 1. The molecule has 1 amide bonds. The van der Waals surface area contributed by atoms with Gasteiger partial charge in [0.25, 0.3) is 0 Å². The van der Waals surface area contributed by atoms with Gasteiger partial charge in [-0.15, -0.1) is 0 Å². The topological polar surface area (TPSA) is 75.3 Å². The summed E-state index contributed by atoms with van der Waals surface area (Å²) in [6.45, 7) is 0. The van der Waals surface area contributed by atoms with E-state index in [0.29, 0.717) is 19.3 Å². The third kappa shape index (κ3) is 3.33. The highest BCUT2D eigenvalue weighted by Crippen LogP contribution is 2.39. The van der Waals surface area contributed by atoms with Crippen molar-refractivity contribution in [2.24, 2.45) is 0 Å². The van der Waals surface area contributed by atoms with Gasteiger partial charge in [0.2, 0.25) is 15.9 Å². The monoisotopic (exact) mass is 322 g/mol. The molecule has 1 saturated carbocycles. The van der Waals surface area contributed by atoms with Gasteiger partial charge in [0.15, 0.2) is 0 Å². The predicted molar refractivity (Wildman–Crippen MR) is 84.8 cm³/mol. The average Bonchev–Trinajstić information content (AvgIpc) is 2.46. The molecule has 0 bridgehead atoms. The Hall–Kier alpha value is -1.40. The van der Waals surface area contributed by atoms with Crippen molar-refractivity contribution in [2.45, 2.75) is 50.1 Å². The quantitative estimate of drug-likeness (QED) is 0.859. The van der Waals surface area contributed by atoms with Gasteiger partial charge in [-0.1, -0.05) is 30.3 Å². The molecule has 22 heavy (non-hydrogen) atoms. The molecule has 2 N–H and O–H groups in total. The Kier molecular flexibility index (Phi) is 4.23. The summed E-state index contributed by atoms with van der Waals surface area (Å²) in [5.41, 5.74) is 0.679. The molecule has 0 radical (unpaired) electrons. The van der Waals surface area contributed by atoms with Crippen LogP contribution in [0.25, 0.3) is 0 Å². The van der Waals surface area contributed by atoms with Crippen LogP contribution in [-0.2, 0) is 21.2 Å². The summed E-state index contributed by atoms with van der Waals surface area (Å²) in [5.74, 6) is 0.122. The van der Waals surface area contributed by atoms with E-state index in [1.54, 1.807) is 0 Å².